The summed E-state index contributed by atoms with van der Waals surface area (Å²) in [7, 11) is 0. The summed E-state index contributed by atoms with van der Waals surface area (Å²) in [6.07, 6.45) is 10.2. The van der Waals surface area contributed by atoms with E-state index >= 15 is 0 Å². The fourth-order valence-electron chi connectivity index (χ4n) is 2.51. The van der Waals surface area contributed by atoms with Gasteiger partial charge in [-0.25, -0.2) is 0 Å². The summed E-state index contributed by atoms with van der Waals surface area (Å²) in [5.74, 6) is 0. The topological polar surface area (TPSA) is 41.5 Å². The summed E-state index contributed by atoms with van der Waals surface area (Å²) < 4.78 is 5.61. The zero-order valence-corrected chi connectivity index (χ0v) is 12.2. The lowest BCUT2D eigenvalue weighted by atomic mass is 9.94. The molecule has 0 amide bonds. The van der Waals surface area contributed by atoms with Crippen molar-refractivity contribution >= 4 is 0 Å². The molecular weight excluding hydrogens is 226 g/mol. The van der Waals surface area contributed by atoms with Gasteiger partial charge in [0.05, 0.1) is 12.7 Å². The Morgan fingerprint density at radius 3 is 2.67 bits per heavy atom. The number of hydrogen-bond donors (Lipinski definition) is 2. The van der Waals surface area contributed by atoms with Gasteiger partial charge in [0, 0.05) is 18.7 Å². The average molecular weight is 257 g/mol. The molecule has 0 aliphatic carbocycles. The van der Waals surface area contributed by atoms with Crippen LogP contribution in [0.5, 0.6) is 0 Å². The monoisotopic (exact) mass is 257 g/mol. The molecule has 0 saturated carbocycles. The summed E-state index contributed by atoms with van der Waals surface area (Å²) >= 11 is 0. The van der Waals surface area contributed by atoms with Gasteiger partial charge in [0.15, 0.2) is 0 Å². The van der Waals surface area contributed by atoms with Crippen molar-refractivity contribution in [3.63, 3.8) is 0 Å². The Balaban J connectivity index is 2.14. The van der Waals surface area contributed by atoms with Crippen LogP contribution >= 0.6 is 0 Å². The van der Waals surface area contributed by atoms with Crippen LogP contribution in [0, 0.1) is 0 Å². The lowest BCUT2D eigenvalue weighted by Crippen LogP contribution is -2.48. The highest BCUT2D eigenvalue weighted by Gasteiger charge is 2.24. The van der Waals surface area contributed by atoms with E-state index in [1.165, 1.54) is 38.5 Å². The lowest BCUT2D eigenvalue weighted by Gasteiger charge is -2.30. The van der Waals surface area contributed by atoms with E-state index < -0.39 is 0 Å². The second-order valence-corrected chi connectivity index (χ2v) is 5.90. The highest BCUT2D eigenvalue weighted by molar-refractivity contribution is 4.84. The maximum absolute atomic E-state index is 9.56. The summed E-state index contributed by atoms with van der Waals surface area (Å²) in [5.41, 5.74) is -0.127. The van der Waals surface area contributed by atoms with Gasteiger partial charge >= 0.3 is 0 Å². The van der Waals surface area contributed by atoms with Gasteiger partial charge in [-0.1, -0.05) is 39.0 Å². The molecule has 1 aliphatic rings. The SMILES string of the molecule is CCCCCCCC(C)(CO)NCC1CCCO1. The van der Waals surface area contributed by atoms with Crippen molar-refractivity contribution < 1.29 is 9.84 Å². The molecule has 0 spiro atoms. The molecule has 1 heterocycles. The van der Waals surface area contributed by atoms with Crippen LogP contribution in [0.15, 0.2) is 0 Å². The second kappa shape index (κ2) is 8.89. The number of nitrogens with one attached hydrogen (secondary N) is 1. The minimum atomic E-state index is -0.127. The Labute approximate surface area is 112 Å². The second-order valence-electron chi connectivity index (χ2n) is 5.90. The quantitative estimate of drug-likeness (QED) is 0.591. The number of hydrogen-bond acceptors (Lipinski definition) is 3. The van der Waals surface area contributed by atoms with Crippen molar-refractivity contribution in [2.45, 2.75) is 76.9 Å². The molecule has 0 aromatic heterocycles. The van der Waals surface area contributed by atoms with Crippen molar-refractivity contribution in [3.8, 4) is 0 Å². The van der Waals surface area contributed by atoms with Crippen molar-refractivity contribution in [2.24, 2.45) is 0 Å². The largest absolute Gasteiger partial charge is 0.394 e. The maximum atomic E-state index is 9.56. The van der Waals surface area contributed by atoms with E-state index in [1.807, 2.05) is 0 Å². The van der Waals surface area contributed by atoms with Gasteiger partial charge in [-0.3, -0.25) is 0 Å². The number of rotatable bonds is 10. The van der Waals surface area contributed by atoms with E-state index in [-0.39, 0.29) is 12.1 Å². The van der Waals surface area contributed by atoms with Crippen LogP contribution in [0.4, 0.5) is 0 Å². The Hall–Kier alpha value is -0.120. The van der Waals surface area contributed by atoms with Crippen LogP contribution in [0.3, 0.4) is 0 Å². The molecule has 18 heavy (non-hydrogen) atoms. The fraction of sp³-hybridized carbons (Fsp3) is 1.00. The van der Waals surface area contributed by atoms with Gasteiger partial charge < -0.3 is 15.2 Å². The van der Waals surface area contributed by atoms with E-state index in [4.69, 9.17) is 4.74 Å². The molecule has 3 heteroatoms. The lowest BCUT2D eigenvalue weighted by molar-refractivity contribution is 0.0887. The Kier molecular flexibility index (Phi) is 7.87. The predicted octanol–water partition coefficient (Wildman–Crippen LogP) is 2.87. The van der Waals surface area contributed by atoms with Crippen LogP contribution in [0.25, 0.3) is 0 Å². The Bertz CT molecular complexity index is 205. The average Bonchev–Trinajstić information content (AvgIpc) is 2.89. The zero-order chi connectivity index (χ0) is 13.3. The smallest absolute Gasteiger partial charge is 0.0700 e. The van der Waals surface area contributed by atoms with E-state index in [9.17, 15) is 5.11 Å². The molecule has 2 N–H and O–H groups in total. The summed E-state index contributed by atoms with van der Waals surface area (Å²) in [6, 6.07) is 0. The number of unbranched alkanes of at least 4 members (excludes halogenated alkanes) is 4. The predicted molar refractivity (Wildman–Crippen MR) is 75.8 cm³/mol. The molecule has 2 unspecified atom stereocenters. The Morgan fingerprint density at radius 1 is 1.28 bits per heavy atom. The van der Waals surface area contributed by atoms with Crippen LogP contribution in [0.1, 0.15) is 65.2 Å². The molecule has 0 bridgehead atoms. The van der Waals surface area contributed by atoms with Crippen molar-refractivity contribution in [3.05, 3.63) is 0 Å². The van der Waals surface area contributed by atoms with Gasteiger partial charge in [-0.05, 0) is 26.2 Å². The first-order valence-corrected chi connectivity index (χ1v) is 7.67. The van der Waals surface area contributed by atoms with Crippen LogP contribution < -0.4 is 5.32 Å². The van der Waals surface area contributed by atoms with Crippen LogP contribution in [-0.4, -0.2) is 36.5 Å². The highest BCUT2D eigenvalue weighted by Crippen LogP contribution is 2.17. The summed E-state index contributed by atoms with van der Waals surface area (Å²) in [6.45, 7) is 6.36. The van der Waals surface area contributed by atoms with Crippen LogP contribution in [0.2, 0.25) is 0 Å². The molecule has 2 atom stereocenters. The van der Waals surface area contributed by atoms with Crippen molar-refractivity contribution in [1.82, 2.24) is 5.32 Å². The third-order valence-corrected chi connectivity index (χ3v) is 3.96. The molecule has 1 fully saturated rings. The normalized spacial score (nSPS) is 23.2. The zero-order valence-electron chi connectivity index (χ0n) is 12.2. The third-order valence-electron chi connectivity index (χ3n) is 3.96. The van der Waals surface area contributed by atoms with Gasteiger partial charge in [0.1, 0.15) is 0 Å². The van der Waals surface area contributed by atoms with E-state index in [0.29, 0.717) is 6.10 Å². The Morgan fingerprint density at radius 2 is 2.06 bits per heavy atom. The number of ether oxygens (including phenoxy) is 1. The summed E-state index contributed by atoms with van der Waals surface area (Å²) in [5, 5.41) is 13.1. The summed E-state index contributed by atoms with van der Waals surface area (Å²) in [4.78, 5) is 0. The van der Waals surface area contributed by atoms with Gasteiger partial charge in [0.2, 0.25) is 0 Å². The minimum absolute atomic E-state index is 0.127. The highest BCUT2D eigenvalue weighted by atomic mass is 16.5. The van der Waals surface area contributed by atoms with Gasteiger partial charge in [-0.15, -0.1) is 0 Å². The first-order valence-electron chi connectivity index (χ1n) is 7.67. The fourth-order valence-corrected chi connectivity index (χ4v) is 2.51. The molecule has 0 aromatic carbocycles. The molecule has 3 nitrogen and oxygen atoms in total. The molecule has 0 aromatic rings. The number of aliphatic hydroxyl groups excluding tert-OH is 1. The molecular formula is C15H31NO2. The van der Waals surface area contributed by atoms with Crippen molar-refractivity contribution in [1.29, 1.82) is 0 Å². The van der Waals surface area contributed by atoms with Gasteiger partial charge in [0.25, 0.3) is 0 Å². The van der Waals surface area contributed by atoms with E-state index in [0.717, 1.165) is 26.0 Å². The molecule has 0 radical (unpaired) electrons. The first kappa shape index (κ1) is 15.9. The molecule has 108 valence electrons. The van der Waals surface area contributed by atoms with E-state index in [2.05, 4.69) is 19.2 Å². The molecule has 1 aliphatic heterocycles. The van der Waals surface area contributed by atoms with Crippen LogP contribution in [-0.2, 0) is 4.74 Å². The van der Waals surface area contributed by atoms with E-state index in [1.54, 1.807) is 0 Å². The van der Waals surface area contributed by atoms with Gasteiger partial charge in [-0.2, -0.15) is 0 Å². The number of aliphatic hydroxyl groups is 1. The van der Waals surface area contributed by atoms with Crippen molar-refractivity contribution in [2.75, 3.05) is 19.8 Å². The minimum Gasteiger partial charge on any atom is -0.394 e. The third kappa shape index (κ3) is 6.17. The molecule has 1 saturated heterocycles. The molecule has 1 rings (SSSR count). The standard InChI is InChI=1S/C15H31NO2/c1-3-4-5-6-7-10-15(2,13-17)16-12-14-9-8-11-18-14/h14,16-17H,3-13H2,1-2H3. The first-order chi connectivity index (χ1) is 8.70. The maximum Gasteiger partial charge on any atom is 0.0700 e.